The highest BCUT2D eigenvalue weighted by Gasteiger charge is 2.16. The first-order chi connectivity index (χ1) is 9.83. The minimum absolute atomic E-state index is 0.145. The van der Waals surface area contributed by atoms with Crippen molar-refractivity contribution in [3.63, 3.8) is 0 Å². The SMILES string of the molecule is O=C(NC[C@H]1CCCO1)Nc1cccc2cccnc12. The van der Waals surface area contributed by atoms with Crippen molar-refractivity contribution in [2.75, 3.05) is 18.5 Å². The number of anilines is 1. The van der Waals surface area contributed by atoms with E-state index in [1.54, 1.807) is 6.20 Å². The lowest BCUT2D eigenvalue weighted by atomic mass is 10.2. The van der Waals surface area contributed by atoms with Crippen LogP contribution in [0.3, 0.4) is 0 Å². The Labute approximate surface area is 117 Å². The highest BCUT2D eigenvalue weighted by molar-refractivity contribution is 5.99. The van der Waals surface area contributed by atoms with Gasteiger partial charge in [0.2, 0.25) is 0 Å². The molecule has 0 aliphatic carbocycles. The number of para-hydroxylation sites is 1. The predicted octanol–water partition coefficient (Wildman–Crippen LogP) is 2.54. The van der Waals surface area contributed by atoms with Crippen LogP contribution < -0.4 is 10.6 Å². The van der Waals surface area contributed by atoms with Gasteiger partial charge in [-0.05, 0) is 25.0 Å². The Balaban J connectivity index is 1.65. The summed E-state index contributed by atoms with van der Waals surface area (Å²) in [7, 11) is 0. The summed E-state index contributed by atoms with van der Waals surface area (Å²) < 4.78 is 5.47. The summed E-state index contributed by atoms with van der Waals surface area (Å²) in [5.74, 6) is 0. The Hall–Kier alpha value is -2.14. The molecule has 5 heteroatoms. The van der Waals surface area contributed by atoms with Crippen LogP contribution in [0, 0.1) is 0 Å². The van der Waals surface area contributed by atoms with Crippen molar-refractivity contribution in [2.45, 2.75) is 18.9 Å². The smallest absolute Gasteiger partial charge is 0.319 e. The molecule has 104 valence electrons. The van der Waals surface area contributed by atoms with Crippen molar-refractivity contribution >= 4 is 22.6 Å². The summed E-state index contributed by atoms with van der Waals surface area (Å²) in [6, 6.07) is 9.35. The number of nitrogens with zero attached hydrogens (tertiary/aromatic N) is 1. The molecular weight excluding hydrogens is 254 g/mol. The zero-order chi connectivity index (χ0) is 13.8. The predicted molar refractivity (Wildman–Crippen MR) is 77.7 cm³/mol. The second-order valence-corrected chi connectivity index (χ2v) is 4.85. The Morgan fingerprint density at radius 3 is 3.10 bits per heavy atom. The van der Waals surface area contributed by atoms with E-state index in [4.69, 9.17) is 4.74 Å². The normalized spacial score (nSPS) is 18.1. The molecule has 1 aliphatic rings. The summed E-state index contributed by atoms with van der Waals surface area (Å²) in [6.45, 7) is 1.34. The quantitative estimate of drug-likeness (QED) is 0.901. The Morgan fingerprint density at radius 1 is 1.35 bits per heavy atom. The highest BCUT2D eigenvalue weighted by Crippen LogP contribution is 2.20. The molecule has 1 fully saturated rings. The van der Waals surface area contributed by atoms with E-state index in [0.717, 1.165) is 30.4 Å². The molecule has 2 heterocycles. The van der Waals surface area contributed by atoms with E-state index in [0.29, 0.717) is 12.2 Å². The van der Waals surface area contributed by atoms with Crippen LogP contribution in [0.2, 0.25) is 0 Å². The molecule has 1 saturated heterocycles. The van der Waals surface area contributed by atoms with Gasteiger partial charge in [0.05, 0.1) is 17.3 Å². The molecule has 0 bridgehead atoms. The summed E-state index contributed by atoms with van der Waals surface area (Å²) in [6.07, 6.45) is 3.95. The van der Waals surface area contributed by atoms with Gasteiger partial charge < -0.3 is 15.4 Å². The average molecular weight is 271 g/mol. The molecule has 20 heavy (non-hydrogen) atoms. The van der Waals surface area contributed by atoms with E-state index in [1.807, 2.05) is 30.3 Å². The molecule has 0 unspecified atom stereocenters. The fourth-order valence-electron chi connectivity index (χ4n) is 2.38. The molecule has 1 aromatic carbocycles. The molecule has 5 nitrogen and oxygen atoms in total. The number of hydrogen-bond donors (Lipinski definition) is 2. The number of amides is 2. The minimum atomic E-state index is -0.223. The van der Waals surface area contributed by atoms with E-state index in [1.165, 1.54) is 0 Å². The maximum Gasteiger partial charge on any atom is 0.319 e. The van der Waals surface area contributed by atoms with Gasteiger partial charge in [-0.15, -0.1) is 0 Å². The number of urea groups is 1. The fourth-order valence-corrected chi connectivity index (χ4v) is 2.38. The van der Waals surface area contributed by atoms with Crippen molar-refractivity contribution in [3.05, 3.63) is 36.5 Å². The molecule has 2 aromatic rings. The molecule has 3 rings (SSSR count). The number of nitrogens with one attached hydrogen (secondary N) is 2. The van der Waals surface area contributed by atoms with Gasteiger partial charge >= 0.3 is 6.03 Å². The van der Waals surface area contributed by atoms with Crippen LogP contribution >= 0.6 is 0 Å². The van der Waals surface area contributed by atoms with Gasteiger partial charge in [-0.1, -0.05) is 18.2 Å². The van der Waals surface area contributed by atoms with E-state index in [-0.39, 0.29) is 12.1 Å². The van der Waals surface area contributed by atoms with Gasteiger partial charge in [0.25, 0.3) is 0 Å². The maximum absolute atomic E-state index is 11.9. The Morgan fingerprint density at radius 2 is 2.25 bits per heavy atom. The lowest BCUT2D eigenvalue weighted by molar-refractivity contribution is 0.112. The van der Waals surface area contributed by atoms with Crippen LogP contribution in [0.1, 0.15) is 12.8 Å². The molecule has 1 aromatic heterocycles. The van der Waals surface area contributed by atoms with Crippen molar-refractivity contribution in [2.24, 2.45) is 0 Å². The maximum atomic E-state index is 11.9. The Kier molecular flexibility index (Phi) is 3.78. The van der Waals surface area contributed by atoms with Crippen LogP contribution in [0.5, 0.6) is 0 Å². The summed E-state index contributed by atoms with van der Waals surface area (Å²) >= 11 is 0. The third kappa shape index (κ3) is 2.88. The number of aromatic nitrogens is 1. The van der Waals surface area contributed by atoms with Gasteiger partial charge in [0, 0.05) is 24.7 Å². The second-order valence-electron chi connectivity index (χ2n) is 4.85. The third-order valence-electron chi connectivity index (χ3n) is 3.40. The van der Waals surface area contributed by atoms with Crippen LogP contribution in [0.25, 0.3) is 10.9 Å². The monoisotopic (exact) mass is 271 g/mol. The largest absolute Gasteiger partial charge is 0.376 e. The average Bonchev–Trinajstić information content (AvgIpc) is 2.99. The Bertz CT molecular complexity index is 604. The zero-order valence-corrected chi connectivity index (χ0v) is 11.1. The van der Waals surface area contributed by atoms with Crippen LogP contribution in [0.4, 0.5) is 10.5 Å². The van der Waals surface area contributed by atoms with Gasteiger partial charge in [-0.25, -0.2) is 4.79 Å². The van der Waals surface area contributed by atoms with E-state index in [9.17, 15) is 4.79 Å². The number of carbonyl (C=O) groups excluding carboxylic acids is 1. The molecule has 0 spiro atoms. The zero-order valence-electron chi connectivity index (χ0n) is 11.1. The molecule has 2 N–H and O–H groups in total. The van der Waals surface area contributed by atoms with Crippen LogP contribution in [-0.4, -0.2) is 30.3 Å². The van der Waals surface area contributed by atoms with E-state index >= 15 is 0 Å². The number of pyridine rings is 1. The third-order valence-corrected chi connectivity index (χ3v) is 3.40. The second kappa shape index (κ2) is 5.88. The number of carbonyl (C=O) groups is 1. The molecular formula is C15H17N3O2. The minimum Gasteiger partial charge on any atom is -0.376 e. The van der Waals surface area contributed by atoms with Gasteiger partial charge in [-0.3, -0.25) is 4.98 Å². The number of hydrogen-bond acceptors (Lipinski definition) is 3. The molecule has 1 atom stereocenters. The molecule has 2 amide bonds. The van der Waals surface area contributed by atoms with Gasteiger partial charge in [0.15, 0.2) is 0 Å². The molecule has 0 radical (unpaired) electrons. The molecule has 1 aliphatic heterocycles. The topological polar surface area (TPSA) is 63.2 Å². The first-order valence-electron chi connectivity index (χ1n) is 6.83. The first-order valence-corrected chi connectivity index (χ1v) is 6.83. The lowest BCUT2D eigenvalue weighted by Gasteiger charge is -2.12. The van der Waals surface area contributed by atoms with Crippen molar-refractivity contribution in [3.8, 4) is 0 Å². The first kappa shape index (κ1) is 12.9. The highest BCUT2D eigenvalue weighted by atomic mass is 16.5. The fraction of sp³-hybridized carbons (Fsp3) is 0.333. The standard InChI is InChI=1S/C15H17N3O2/c19-15(17-10-12-6-3-9-20-12)18-13-7-1-4-11-5-2-8-16-14(11)13/h1-2,4-5,7-8,12H,3,6,9-10H2,(H2,17,18,19)/t12-/m1/s1. The van der Waals surface area contributed by atoms with E-state index < -0.39 is 0 Å². The number of ether oxygens (including phenoxy) is 1. The van der Waals surface area contributed by atoms with Crippen LogP contribution in [0.15, 0.2) is 36.5 Å². The summed E-state index contributed by atoms with van der Waals surface area (Å²) in [4.78, 5) is 16.2. The van der Waals surface area contributed by atoms with Crippen molar-refractivity contribution in [1.29, 1.82) is 0 Å². The van der Waals surface area contributed by atoms with E-state index in [2.05, 4.69) is 15.6 Å². The summed E-state index contributed by atoms with van der Waals surface area (Å²) in [5, 5.41) is 6.68. The number of rotatable bonds is 3. The van der Waals surface area contributed by atoms with Gasteiger partial charge in [-0.2, -0.15) is 0 Å². The van der Waals surface area contributed by atoms with Crippen LogP contribution in [-0.2, 0) is 4.74 Å². The number of fused-ring (bicyclic) bond motifs is 1. The van der Waals surface area contributed by atoms with Crippen molar-refractivity contribution < 1.29 is 9.53 Å². The van der Waals surface area contributed by atoms with Gasteiger partial charge in [0.1, 0.15) is 0 Å². The summed E-state index contributed by atoms with van der Waals surface area (Å²) in [5.41, 5.74) is 1.51. The number of benzene rings is 1. The lowest BCUT2D eigenvalue weighted by Crippen LogP contribution is -2.35. The van der Waals surface area contributed by atoms with Crippen molar-refractivity contribution in [1.82, 2.24) is 10.3 Å². The molecule has 0 saturated carbocycles.